The molecule has 0 aliphatic carbocycles. The zero-order valence-corrected chi connectivity index (χ0v) is 6.32. The smallest absolute Gasteiger partial charge is 0.0587 e. The molecule has 1 aliphatic heterocycles. The predicted molar refractivity (Wildman–Crippen MR) is 38.7 cm³/mol. The molecule has 1 aliphatic rings. The lowest BCUT2D eigenvalue weighted by Crippen LogP contribution is -2.43. The summed E-state index contributed by atoms with van der Waals surface area (Å²) in [5.41, 5.74) is 0. The Morgan fingerprint density at radius 2 is 2.30 bits per heavy atom. The van der Waals surface area contributed by atoms with E-state index >= 15 is 0 Å². The fourth-order valence-corrected chi connectivity index (χ4v) is 1.36. The van der Waals surface area contributed by atoms with Crippen LogP contribution in [0.15, 0.2) is 0 Å². The first-order chi connectivity index (χ1) is 4.74. The SMILES string of the molecule is CN1CCC(O)CC1CO. The minimum Gasteiger partial charge on any atom is -0.395 e. The Kier molecular flexibility index (Phi) is 2.65. The molecule has 0 aromatic rings. The van der Waals surface area contributed by atoms with Crippen molar-refractivity contribution in [1.82, 2.24) is 4.90 Å². The highest BCUT2D eigenvalue weighted by Gasteiger charge is 2.23. The first-order valence-corrected chi connectivity index (χ1v) is 3.73. The third kappa shape index (κ3) is 1.68. The van der Waals surface area contributed by atoms with Crippen LogP contribution >= 0.6 is 0 Å². The van der Waals surface area contributed by atoms with Crippen LogP contribution in [0, 0.1) is 0 Å². The van der Waals surface area contributed by atoms with Crippen molar-refractivity contribution >= 4 is 0 Å². The van der Waals surface area contributed by atoms with Gasteiger partial charge >= 0.3 is 0 Å². The maximum Gasteiger partial charge on any atom is 0.0587 e. The number of rotatable bonds is 1. The topological polar surface area (TPSA) is 43.7 Å². The molecule has 3 heteroatoms. The lowest BCUT2D eigenvalue weighted by Gasteiger charge is -2.33. The second-order valence-electron chi connectivity index (χ2n) is 3.00. The zero-order valence-electron chi connectivity index (χ0n) is 6.32. The van der Waals surface area contributed by atoms with Crippen LogP contribution in [0.25, 0.3) is 0 Å². The van der Waals surface area contributed by atoms with Crippen molar-refractivity contribution in [2.75, 3.05) is 20.2 Å². The minimum atomic E-state index is -0.201. The predicted octanol–water partition coefficient (Wildman–Crippen LogP) is -0.566. The van der Waals surface area contributed by atoms with Crippen molar-refractivity contribution < 1.29 is 10.2 Å². The second kappa shape index (κ2) is 3.32. The van der Waals surface area contributed by atoms with Gasteiger partial charge in [-0.15, -0.1) is 0 Å². The van der Waals surface area contributed by atoms with Gasteiger partial charge in [-0.3, -0.25) is 0 Å². The maximum absolute atomic E-state index is 9.19. The summed E-state index contributed by atoms with van der Waals surface area (Å²) in [4.78, 5) is 2.09. The highest BCUT2D eigenvalue weighted by Crippen LogP contribution is 2.14. The van der Waals surface area contributed by atoms with Crippen LogP contribution in [0.1, 0.15) is 12.8 Å². The lowest BCUT2D eigenvalue weighted by atomic mass is 10.0. The van der Waals surface area contributed by atoms with Gasteiger partial charge in [0, 0.05) is 12.6 Å². The largest absolute Gasteiger partial charge is 0.395 e. The Labute approximate surface area is 61.3 Å². The highest BCUT2D eigenvalue weighted by atomic mass is 16.3. The van der Waals surface area contributed by atoms with E-state index < -0.39 is 0 Å². The molecule has 60 valence electrons. The zero-order chi connectivity index (χ0) is 7.56. The molecule has 0 radical (unpaired) electrons. The number of hydrogen-bond acceptors (Lipinski definition) is 3. The molecule has 0 bridgehead atoms. The summed E-state index contributed by atoms with van der Waals surface area (Å²) in [6.45, 7) is 1.06. The Bertz CT molecular complexity index is 108. The van der Waals surface area contributed by atoms with E-state index in [1.807, 2.05) is 7.05 Å². The summed E-state index contributed by atoms with van der Waals surface area (Å²) in [7, 11) is 1.98. The van der Waals surface area contributed by atoms with Crippen LogP contribution in [0.5, 0.6) is 0 Å². The summed E-state index contributed by atoms with van der Waals surface area (Å²) in [6, 6.07) is 0.170. The van der Waals surface area contributed by atoms with E-state index in [-0.39, 0.29) is 18.8 Å². The number of likely N-dealkylation sites (tertiary alicyclic amines) is 1. The van der Waals surface area contributed by atoms with E-state index in [1.54, 1.807) is 0 Å². The van der Waals surface area contributed by atoms with Crippen LogP contribution in [-0.2, 0) is 0 Å². The Hall–Kier alpha value is -0.120. The molecular formula is C7H15NO2. The summed E-state index contributed by atoms with van der Waals surface area (Å²) >= 11 is 0. The number of aliphatic hydroxyl groups excluding tert-OH is 2. The number of likely N-dealkylation sites (N-methyl/N-ethyl adjacent to an activating group) is 1. The molecule has 10 heavy (non-hydrogen) atoms. The van der Waals surface area contributed by atoms with E-state index in [2.05, 4.69) is 4.90 Å². The second-order valence-corrected chi connectivity index (χ2v) is 3.00. The van der Waals surface area contributed by atoms with Gasteiger partial charge in [0.2, 0.25) is 0 Å². The Balaban J connectivity index is 2.38. The fourth-order valence-electron chi connectivity index (χ4n) is 1.36. The van der Waals surface area contributed by atoms with Gasteiger partial charge in [-0.05, 0) is 19.9 Å². The molecule has 1 saturated heterocycles. The summed E-state index contributed by atoms with van der Waals surface area (Å²) in [5, 5.41) is 18.0. The quantitative estimate of drug-likeness (QED) is 0.519. The molecule has 0 saturated carbocycles. The van der Waals surface area contributed by atoms with Crippen molar-refractivity contribution in [3.8, 4) is 0 Å². The van der Waals surface area contributed by atoms with Crippen LogP contribution in [0.4, 0.5) is 0 Å². The first kappa shape index (κ1) is 7.98. The van der Waals surface area contributed by atoms with Gasteiger partial charge in [-0.1, -0.05) is 0 Å². The average Bonchev–Trinajstić information content (AvgIpc) is 1.94. The van der Waals surface area contributed by atoms with Crippen molar-refractivity contribution in [3.63, 3.8) is 0 Å². The molecule has 0 aromatic carbocycles. The number of aliphatic hydroxyl groups is 2. The fraction of sp³-hybridized carbons (Fsp3) is 1.00. The maximum atomic E-state index is 9.19. The molecule has 1 heterocycles. The molecule has 3 nitrogen and oxygen atoms in total. The number of hydrogen-bond donors (Lipinski definition) is 2. The van der Waals surface area contributed by atoms with Gasteiger partial charge in [0.1, 0.15) is 0 Å². The van der Waals surface area contributed by atoms with Gasteiger partial charge in [0.15, 0.2) is 0 Å². The van der Waals surface area contributed by atoms with Gasteiger partial charge in [0.05, 0.1) is 12.7 Å². The van der Waals surface area contributed by atoms with E-state index in [0.29, 0.717) is 6.42 Å². The molecule has 1 rings (SSSR count). The summed E-state index contributed by atoms with van der Waals surface area (Å²) in [6.07, 6.45) is 1.35. The molecule has 2 atom stereocenters. The van der Waals surface area contributed by atoms with Crippen molar-refractivity contribution in [2.24, 2.45) is 0 Å². The minimum absolute atomic E-state index is 0.160. The monoisotopic (exact) mass is 145 g/mol. The van der Waals surface area contributed by atoms with E-state index in [0.717, 1.165) is 13.0 Å². The third-order valence-electron chi connectivity index (χ3n) is 2.19. The molecule has 2 unspecified atom stereocenters. The standard InChI is InChI=1S/C7H15NO2/c1-8-3-2-7(10)4-6(8)5-9/h6-7,9-10H,2-5H2,1H3. The van der Waals surface area contributed by atoms with Crippen LogP contribution in [0.2, 0.25) is 0 Å². The van der Waals surface area contributed by atoms with Gasteiger partial charge in [-0.2, -0.15) is 0 Å². The third-order valence-corrected chi connectivity index (χ3v) is 2.19. The van der Waals surface area contributed by atoms with Crippen LogP contribution in [0.3, 0.4) is 0 Å². The summed E-state index contributed by atoms with van der Waals surface area (Å²) < 4.78 is 0. The number of nitrogens with zero attached hydrogens (tertiary/aromatic N) is 1. The van der Waals surface area contributed by atoms with Gasteiger partial charge < -0.3 is 15.1 Å². The van der Waals surface area contributed by atoms with E-state index in [9.17, 15) is 5.11 Å². The lowest BCUT2D eigenvalue weighted by molar-refractivity contribution is 0.0307. The summed E-state index contributed by atoms with van der Waals surface area (Å²) in [5.74, 6) is 0. The Morgan fingerprint density at radius 1 is 1.60 bits per heavy atom. The Morgan fingerprint density at radius 3 is 2.80 bits per heavy atom. The number of piperidine rings is 1. The molecule has 0 aromatic heterocycles. The van der Waals surface area contributed by atoms with Crippen molar-refractivity contribution in [3.05, 3.63) is 0 Å². The van der Waals surface area contributed by atoms with Gasteiger partial charge in [-0.25, -0.2) is 0 Å². The molecular weight excluding hydrogens is 130 g/mol. The van der Waals surface area contributed by atoms with Crippen LogP contribution in [-0.4, -0.2) is 47.5 Å². The van der Waals surface area contributed by atoms with E-state index in [4.69, 9.17) is 5.11 Å². The normalized spacial score (nSPS) is 36.3. The highest BCUT2D eigenvalue weighted by molar-refractivity contribution is 4.78. The molecule has 0 spiro atoms. The van der Waals surface area contributed by atoms with E-state index in [1.165, 1.54) is 0 Å². The van der Waals surface area contributed by atoms with Crippen LogP contribution < -0.4 is 0 Å². The molecule has 2 N–H and O–H groups in total. The molecule has 1 fully saturated rings. The first-order valence-electron chi connectivity index (χ1n) is 3.73. The van der Waals surface area contributed by atoms with Crippen molar-refractivity contribution in [1.29, 1.82) is 0 Å². The molecule has 0 amide bonds. The van der Waals surface area contributed by atoms with Gasteiger partial charge in [0.25, 0.3) is 0 Å². The van der Waals surface area contributed by atoms with Crippen molar-refractivity contribution in [2.45, 2.75) is 25.0 Å². The average molecular weight is 145 g/mol.